The second-order valence-electron chi connectivity index (χ2n) is 9.42. The van der Waals surface area contributed by atoms with Gasteiger partial charge in [0, 0.05) is 25.0 Å². The number of aromatic nitrogens is 3. The second-order valence-corrected chi connectivity index (χ2v) is 9.83. The summed E-state index contributed by atoms with van der Waals surface area (Å²) in [5, 5.41) is 7.77. The van der Waals surface area contributed by atoms with E-state index in [0.29, 0.717) is 13.1 Å². The second kappa shape index (κ2) is 9.59. The van der Waals surface area contributed by atoms with Crippen LogP contribution in [-0.2, 0) is 22.7 Å². The van der Waals surface area contributed by atoms with Gasteiger partial charge < -0.3 is 11.1 Å². The van der Waals surface area contributed by atoms with Gasteiger partial charge in [0.05, 0.1) is 10.6 Å². The van der Waals surface area contributed by atoms with Gasteiger partial charge in [0.1, 0.15) is 5.92 Å². The first-order valence-corrected chi connectivity index (χ1v) is 11.6. The van der Waals surface area contributed by atoms with E-state index < -0.39 is 17.2 Å². The highest BCUT2D eigenvalue weighted by Gasteiger charge is 2.47. The number of nitrogens with one attached hydrogen (secondary N) is 1. The van der Waals surface area contributed by atoms with Crippen molar-refractivity contribution >= 4 is 35.3 Å². The number of carbonyl (C=O) groups is 3. The molecule has 3 N–H and O–H groups in total. The maximum Gasteiger partial charge on any atom is 0.282 e. The van der Waals surface area contributed by atoms with Gasteiger partial charge >= 0.3 is 0 Å². The number of halogens is 1. The van der Waals surface area contributed by atoms with Crippen LogP contribution in [0.4, 0.5) is 5.95 Å². The van der Waals surface area contributed by atoms with Gasteiger partial charge in [0.2, 0.25) is 17.8 Å². The van der Waals surface area contributed by atoms with Crippen LogP contribution < -0.4 is 11.1 Å². The van der Waals surface area contributed by atoms with Crippen LogP contribution >= 0.6 is 11.6 Å². The lowest BCUT2D eigenvalue weighted by atomic mass is 9.89. The van der Waals surface area contributed by atoms with Gasteiger partial charge in [-0.1, -0.05) is 68.8 Å². The average molecular weight is 495 g/mol. The number of hydrogen-bond acceptors (Lipinski definition) is 7. The monoisotopic (exact) mass is 494 g/mol. The third kappa shape index (κ3) is 4.96. The predicted molar refractivity (Wildman–Crippen MR) is 132 cm³/mol. The summed E-state index contributed by atoms with van der Waals surface area (Å²) < 4.78 is 1.12. The number of imide groups is 1. The molecule has 10 heteroatoms. The van der Waals surface area contributed by atoms with Crippen molar-refractivity contribution in [2.45, 2.75) is 39.8 Å². The van der Waals surface area contributed by atoms with E-state index in [0.717, 1.165) is 15.8 Å². The highest BCUT2D eigenvalue weighted by atomic mass is 35.5. The molecule has 0 spiro atoms. The highest BCUT2D eigenvalue weighted by Crippen LogP contribution is 2.32. The Labute approximate surface area is 208 Å². The van der Waals surface area contributed by atoms with Crippen molar-refractivity contribution in [2.24, 2.45) is 11.1 Å². The number of carbonyl (C=O) groups excluding carboxylic acids is 3. The first kappa shape index (κ1) is 24.6. The third-order valence-corrected chi connectivity index (χ3v) is 6.09. The van der Waals surface area contributed by atoms with Gasteiger partial charge in [-0.3, -0.25) is 19.3 Å². The van der Waals surface area contributed by atoms with Crippen molar-refractivity contribution in [3.8, 4) is 0 Å². The summed E-state index contributed by atoms with van der Waals surface area (Å²) in [5.74, 6) is -1.47. The number of amides is 2. The minimum atomic E-state index is -0.703. The highest BCUT2D eigenvalue weighted by molar-refractivity contribution is 6.33. The Bertz CT molecular complexity index is 1280. The Balaban J connectivity index is 1.61. The predicted octanol–water partition coefficient (Wildman–Crippen LogP) is 3.19. The summed E-state index contributed by atoms with van der Waals surface area (Å²) in [7, 11) is 0. The van der Waals surface area contributed by atoms with E-state index in [1.54, 1.807) is 45.0 Å². The molecule has 182 valence electrons. The Morgan fingerprint density at radius 3 is 2.37 bits per heavy atom. The van der Waals surface area contributed by atoms with Gasteiger partial charge in [0.15, 0.2) is 5.82 Å². The molecule has 0 radical (unpaired) electrons. The van der Waals surface area contributed by atoms with E-state index in [9.17, 15) is 14.4 Å². The smallest absolute Gasteiger partial charge is 0.282 e. The molecule has 0 bridgehead atoms. The van der Waals surface area contributed by atoms with Gasteiger partial charge in [-0.05, 0) is 23.3 Å². The molecule has 1 saturated heterocycles. The van der Waals surface area contributed by atoms with Crippen LogP contribution in [0, 0.1) is 5.41 Å². The number of likely N-dealkylation sites (tertiary alicyclic amines) is 1. The van der Waals surface area contributed by atoms with Gasteiger partial charge in [-0.25, -0.2) is 0 Å². The van der Waals surface area contributed by atoms with Crippen LogP contribution in [-0.4, -0.2) is 43.9 Å². The molecular weight excluding hydrogens is 468 g/mol. The van der Waals surface area contributed by atoms with E-state index in [1.807, 2.05) is 24.3 Å². The molecule has 4 rings (SSSR count). The molecule has 1 aromatic heterocycles. The van der Waals surface area contributed by atoms with Crippen molar-refractivity contribution in [1.29, 1.82) is 0 Å². The minimum absolute atomic E-state index is 0.166. The van der Waals surface area contributed by atoms with Crippen molar-refractivity contribution in [2.75, 3.05) is 11.9 Å². The molecular formula is C25H27ClN6O3. The standard InChI is InChI=1S/C25H27ClN6O3/c1-25(2,3)23(35)31-14-18(21(31)33)20-29-24(28-13-16-10-8-15(12-27)9-11-16)32(30-20)22(34)17-6-4-5-7-19(17)26/h4-11,18H,12-14,27H2,1-3H3,(H,28,29,30). The van der Waals surface area contributed by atoms with E-state index in [-0.39, 0.29) is 40.7 Å². The molecule has 2 amide bonds. The van der Waals surface area contributed by atoms with Crippen molar-refractivity contribution < 1.29 is 14.4 Å². The summed E-state index contributed by atoms with van der Waals surface area (Å²) in [6.45, 7) is 6.25. The Hall–Kier alpha value is -3.56. The first-order valence-electron chi connectivity index (χ1n) is 11.2. The largest absolute Gasteiger partial charge is 0.350 e. The lowest BCUT2D eigenvalue weighted by molar-refractivity contribution is -0.159. The molecule has 3 aromatic rings. The van der Waals surface area contributed by atoms with E-state index in [2.05, 4.69) is 15.4 Å². The minimum Gasteiger partial charge on any atom is -0.350 e. The van der Waals surface area contributed by atoms with Crippen LogP contribution in [0.1, 0.15) is 54.0 Å². The summed E-state index contributed by atoms with van der Waals surface area (Å²) in [6.07, 6.45) is 0. The molecule has 1 unspecified atom stereocenters. The molecule has 1 aliphatic heterocycles. The zero-order chi connectivity index (χ0) is 25.3. The van der Waals surface area contributed by atoms with Crippen LogP contribution in [0.25, 0.3) is 0 Å². The lowest BCUT2D eigenvalue weighted by Gasteiger charge is -2.38. The van der Waals surface area contributed by atoms with Crippen LogP contribution in [0.15, 0.2) is 48.5 Å². The first-order chi connectivity index (χ1) is 16.6. The van der Waals surface area contributed by atoms with E-state index >= 15 is 0 Å². The van der Waals surface area contributed by atoms with Crippen LogP contribution in [0.3, 0.4) is 0 Å². The SMILES string of the molecule is CC(C)(C)C(=O)N1CC(c2nc(NCc3ccc(CN)cc3)n(C(=O)c3ccccc3Cl)n2)C1=O. The number of rotatable bonds is 6. The molecule has 1 atom stereocenters. The summed E-state index contributed by atoms with van der Waals surface area (Å²) in [6, 6.07) is 14.4. The maximum atomic E-state index is 13.3. The topological polar surface area (TPSA) is 123 Å². The fourth-order valence-electron chi connectivity index (χ4n) is 3.66. The zero-order valence-electron chi connectivity index (χ0n) is 19.8. The molecule has 0 aliphatic carbocycles. The number of nitrogens with two attached hydrogens (primary N) is 1. The van der Waals surface area contributed by atoms with Crippen LogP contribution in [0.5, 0.6) is 0 Å². The Morgan fingerprint density at radius 1 is 1.11 bits per heavy atom. The van der Waals surface area contributed by atoms with Gasteiger partial charge in [-0.15, -0.1) is 5.10 Å². The molecule has 35 heavy (non-hydrogen) atoms. The molecule has 2 aromatic carbocycles. The van der Waals surface area contributed by atoms with E-state index in [4.69, 9.17) is 17.3 Å². The summed E-state index contributed by atoms with van der Waals surface area (Å²) in [4.78, 5) is 44.2. The summed E-state index contributed by atoms with van der Waals surface area (Å²) in [5.41, 5.74) is 7.19. The van der Waals surface area contributed by atoms with E-state index in [1.165, 1.54) is 4.90 Å². The third-order valence-electron chi connectivity index (χ3n) is 5.76. The number of nitrogens with zero attached hydrogens (tertiary/aromatic N) is 4. The van der Waals surface area contributed by atoms with Crippen molar-refractivity contribution in [1.82, 2.24) is 19.7 Å². The fraction of sp³-hybridized carbons (Fsp3) is 0.320. The zero-order valence-corrected chi connectivity index (χ0v) is 20.5. The summed E-state index contributed by atoms with van der Waals surface area (Å²) >= 11 is 6.24. The Kier molecular flexibility index (Phi) is 6.73. The maximum absolute atomic E-state index is 13.3. The van der Waals surface area contributed by atoms with Gasteiger partial charge in [0.25, 0.3) is 5.91 Å². The number of hydrogen-bond donors (Lipinski definition) is 2. The number of anilines is 1. The number of benzene rings is 2. The number of β-lactam (4-membered cyclic amide) rings is 1. The quantitative estimate of drug-likeness (QED) is 0.504. The average Bonchev–Trinajstić information content (AvgIpc) is 3.24. The Morgan fingerprint density at radius 2 is 1.77 bits per heavy atom. The molecule has 9 nitrogen and oxygen atoms in total. The molecule has 1 aliphatic rings. The fourth-order valence-corrected chi connectivity index (χ4v) is 3.88. The van der Waals surface area contributed by atoms with Crippen molar-refractivity contribution in [3.05, 3.63) is 76.1 Å². The van der Waals surface area contributed by atoms with Gasteiger partial charge in [-0.2, -0.15) is 9.67 Å². The van der Waals surface area contributed by atoms with Crippen molar-refractivity contribution in [3.63, 3.8) is 0 Å². The molecule has 2 heterocycles. The lowest BCUT2D eigenvalue weighted by Crippen LogP contribution is -2.57. The molecule has 0 saturated carbocycles. The normalized spacial score (nSPS) is 15.6. The molecule has 1 fully saturated rings. The van der Waals surface area contributed by atoms with Crippen LogP contribution in [0.2, 0.25) is 5.02 Å².